The van der Waals surface area contributed by atoms with Crippen LogP contribution in [0.15, 0.2) is 36.4 Å². The van der Waals surface area contributed by atoms with Crippen molar-refractivity contribution in [1.82, 2.24) is 15.1 Å². The van der Waals surface area contributed by atoms with E-state index >= 15 is 0 Å². The van der Waals surface area contributed by atoms with E-state index in [4.69, 9.17) is 5.73 Å². The molecule has 1 aliphatic heterocycles. The van der Waals surface area contributed by atoms with E-state index in [1.54, 1.807) is 0 Å². The molecule has 0 radical (unpaired) electrons. The number of aromatic nitrogens is 2. The van der Waals surface area contributed by atoms with Gasteiger partial charge in [-0.1, -0.05) is 12.1 Å². The molecular weight excluding hydrogens is 286 g/mol. The Morgan fingerprint density at radius 3 is 2.39 bits per heavy atom. The average Bonchev–Trinajstić information content (AvgIpc) is 3.42. The molecule has 0 unspecified atom stereocenters. The maximum atomic E-state index is 5.73. The number of nitrogens with two attached hydrogens (primary N) is 1. The highest BCUT2D eigenvalue weighted by Crippen LogP contribution is 2.28. The molecule has 1 saturated heterocycles. The first-order valence-corrected chi connectivity index (χ1v) is 8.48. The quantitative estimate of drug-likeness (QED) is 0.882. The van der Waals surface area contributed by atoms with Crippen LogP contribution in [-0.4, -0.2) is 47.3 Å². The fraction of sp³-hybridized carbons (Fsp3) is 0.444. The Morgan fingerprint density at radius 1 is 0.870 bits per heavy atom. The summed E-state index contributed by atoms with van der Waals surface area (Å²) in [6, 6.07) is 12.8. The van der Waals surface area contributed by atoms with Gasteiger partial charge in [0.05, 0.1) is 5.69 Å². The molecule has 5 nitrogen and oxygen atoms in total. The lowest BCUT2D eigenvalue weighted by atomic mass is 10.1. The lowest BCUT2D eigenvalue weighted by molar-refractivity contribution is 0.283. The Kier molecular flexibility index (Phi) is 3.87. The first-order chi connectivity index (χ1) is 11.3. The second-order valence-corrected chi connectivity index (χ2v) is 6.51. The molecule has 2 aromatic rings. The first-order valence-electron chi connectivity index (χ1n) is 8.48. The van der Waals surface area contributed by atoms with Crippen molar-refractivity contribution in [2.24, 2.45) is 0 Å². The van der Waals surface area contributed by atoms with Crippen LogP contribution in [0, 0.1) is 0 Å². The molecule has 0 spiro atoms. The minimum Gasteiger partial charge on any atom is -0.399 e. The molecular formula is C18H23N5. The molecule has 0 atom stereocenters. The molecule has 2 fully saturated rings. The van der Waals surface area contributed by atoms with Crippen LogP contribution in [0.25, 0.3) is 11.3 Å². The van der Waals surface area contributed by atoms with E-state index in [0.29, 0.717) is 0 Å². The first kappa shape index (κ1) is 14.5. The number of nitrogens with zero attached hydrogens (tertiary/aromatic N) is 4. The molecule has 23 heavy (non-hydrogen) atoms. The summed E-state index contributed by atoms with van der Waals surface area (Å²) in [5, 5.41) is 8.86. The summed E-state index contributed by atoms with van der Waals surface area (Å²) in [7, 11) is 0. The van der Waals surface area contributed by atoms with E-state index in [1.165, 1.54) is 25.8 Å². The van der Waals surface area contributed by atoms with Gasteiger partial charge in [-0.05, 0) is 43.5 Å². The molecule has 1 aromatic heterocycles. The highest BCUT2D eigenvalue weighted by Gasteiger charge is 2.30. The van der Waals surface area contributed by atoms with E-state index in [0.717, 1.165) is 48.4 Å². The Hall–Kier alpha value is -2.14. The zero-order valence-electron chi connectivity index (χ0n) is 13.4. The third kappa shape index (κ3) is 3.29. The van der Waals surface area contributed by atoms with E-state index in [9.17, 15) is 0 Å². The molecule has 5 heteroatoms. The molecule has 120 valence electrons. The summed E-state index contributed by atoms with van der Waals surface area (Å²) >= 11 is 0. The zero-order valence-corrected chi connectivity index (χ0v) is 13.4. The third-order valence-corrected chi connectivity index (χ3v) is 4.77. The molecule has 2 heterocycles. The average molecular weight is 309 g/mol. The van der Waals surface area contributed by atoms with Gasteiger partial charge in [-0.15, -0.1) is 10.2 Å². The maximum absolute atomic E-state index is 5.73. The second-order valence-electron chi connectivity index (χ2n) is 6.51. The van der Waals surface area contributed by atoms with Crippen molar-refractivity contribution in [2.75, 3.05) is 36.8 Å². The molecule has 0 bridgehead atoms. The largest absolute Gasteiger partial charge is 0.399 e. The van der Waals surface area contributed by atoms with Crippen LogP contribution in [0.4, 0.5) is 11.5 Å². The summed E-state index contributed by atoms with van der Waals surface area (Å²) in [6.07, 6.45) is 3.98. The van der Waals surface area contributed by atoms with Crippen molar-refractivity contribution < 1.29 is 0 Å². The van der Waals surface area contributed by atoms with Crippen LogP contribution in [0.1, 0.15) is 19.3 Å². The standard InChI is InChI=1S/C18H23N5/c19-15-4-2-14(3-5-15)17-8-9-18(21-20-17)23-11-1-10-22(12-13-23)16-6-7-16/h2-5,8-9,16H,1,6-7,10-13,19H2. The summed E-state index contributed by atoms with van der Waals surface area (Å²) in [4.78, 5) is 5.00. The topological polar surface area (TPSA) is 58.3 Å². The summed E-state index contributed by atoms with van der Waals surface area (Å²) in [5.41, 5.74) is 8.44. The van der Waals surface area contributed by atoms with Gasteiger partial charge in [-0.2, -0.15) is 0 Å². The molecule has 1 aromatic carbocycles. The zero-order chi connectivity index (χ0) is 15.6. The van der Waals surface area contributed by atoms with Gasteiger partial charge >= 0.3 is 0 Å². The third-order valence-electron chi connectivity index (χ3n) is 4.77. The normalized spacial score (nSPS) is 19.6. The summed E-state index contributed by atoms with van der Waals surface area (Å²) in [6.45, 7) is 4.48. The maximum Gasteiger partial charge on any atom is 0.151 e. The number of hydrogen-bond acceptors (Lipinski definition) is 5. The highest BCUT2D eigenvalue weighted by molar-refractivity contribution is 5.62. The Morgan fingerprint density at radius 2 is 1.70 bits per heavy atom. The summed E-state index contributed by atoms with van der Waals surface area (Å²) in [5.74, 6) is 0.988. The van der Waals surface area contributed by atoms with Crippen molar-refractivity contribution in [2.45, 2.75) is 25.3 Å². The fourth-order valence-electron chi connectivity index (χ4n) is 3.27. The second kappa shape index (κ2) is 6.16. The van der Waals surface area contributed by atoms with Gasteiger partial charge < -0.3 is 10.6 Å². The van der Waals surface area contributed by atoms with Gasteiger partial charge in [-0.3, -0.25) is 4.90 Å². The number of rotatable bonds is 3. The van der Waals surface area contributed by atoms with Crippen LogP contribution < -0.4 is 10.6 Å². The van der Waals surface area contributed by atoms with E-state index in [-0.39, 0.29) is 0 Å². The van der Waals surface area contributed by atoms with Crippen molar-refractivity contribution in [1.29, 1.82) is 0 Å². The molecule has 0 amide bonds. The van der Waals surface area contributed by atoms with Crippen molar-refractivity contribution >= 4 is 11.5 Å². The Labute approximate surface area is 137 Å². The number of nitrogen functional groups attached to an aromatic ring is 1. The van der Waals surface area contributed by atoms with Crippen molar-refractivity contribution in [3.63, 3.8) is 0 Å². The predicted octanol–water partition coefficient (Wildman–Crippen LogP) is 2.40. The Bertz CT molecular complexity index is 648. The van der Waals surface area contributed by atoms with Gasteiger partial charge in [0, 0.05) is 43.5 Å². The van der Waals surface area contributed by atoms with Gasteiger partial charge in [0.25, 0.3) is 0 Å². The van der Waals surface area contributed by atoms with Gasteiger partial charge in [0.15, 0.2) is 5.82 Å². The van der Waals surface area contributed by atoms with Crippen molar-refractivity contribution in [3.8, 4) is 11.3 Å². The highest BCUT2D eigenvalue weighted by atomic mass is 15.3. The molecule has 1 aliphatic carbocycles. The lowest BCUT2D eigenvalue weighted by Crippen LogP contribution is -2.32. The summed E-state index contributed by atoms with van der Waals surface area (Å²) < 4.78 is 0. The smallest absolute Gasteiger partial charge is 0.151 e. The SMILES string of the molecule is Nc1ccc(-c2ccc(N3CCCN(C4CC4)CC3)nn2)cc1. The van der Waals surface area contributed by atoms with Crippen LogP contribution in [0.5, 0.6) is 0 Å². The Balaban J connectivity index is 1.46. The van der Waals surface area contributed by atoms with Gasteiger partial charge in [0.2, 0.25) is 0 Å². The van der Waals surface area contributed by atoms with Crippen LogP contribution in [0.2, 0.25) is 0 Å². The minimum absolute atomic E-state index is 0.767. The van der Waals surface area contributed by atoms with Gasteiger partial charge in [-0.25, -0.2) is 0 Å². The predicted molar refractivity (Wildman–Crippen MR) is 93.3 cm³/mol. The van der Waals surface area contributed by atoms with Crippen LogP contribution >= 0.6 is 0 Å². The van der Waals surface area contributed by atoms with E-state index in [1.807, 2.05) is 24.3 Å². The monoisotopic (exact) mass is 309 g/mol. The number of benzene rings is 1. The molecule has 4 rings (SSSR count). The number of anilines is 2. The van der Waals surface area contributed by atoms with Crippen LogP contribution in [-0.2, 0) is 0 Å². The minimum atomic E-state index is 0.767. The number of hydrogen-bond donors (Lipinski definition) is 1. The van der Waals surface area contributed by atoms with Gasteiger partial charge in [0.1, 0.15) is 0 Å². The van der Waals surface area contributed by atoms with Crippen molar-refractivity contribution in [3.05, 3.63) is 36.4 Å². The molecule has 2 aliphatic rings. The fourth-order valence-corrected chi connectivity index (χ4v) is 3.27. The van der Waals surface area contributed by atoms with E-state index < -0.39 is 0 Å². The van der Waals surface area contributed by atoms with Crippen LogP contribution in [0.3, 0.4) is 0 Å². The molecule has 1 saturated carbocycles. The lowest BCUT2D eigenvalue weighted by Gasteiger charge is -2.22. The van der Waals surface area contributed by atoms with E-state index in [2.05, 4.69) is 32.1 Å². The molecule has 2 N–H and O–H groups in total.